The summed E-state index contributed by atoms with van der Waals surface area (Å²) in [5.41, 5.74) is 0. The fourth-order valence-corrected chi connectivity index (χ4v) is 0.235. The lowest BCUT2D eigenvalue weighted by Gasteiger charge is -1.89. The summed E-state index contributed by atoms with van der Waals surface area (Å²) in [6.45, 7) is 8.18. The van der Waals surface area contributed by atoms with E-state index in [0.29, 0.717) is 13.2 Å². The van der Waals surface area contributed by atoms with Gasteiger partial charge in [-0.05, 0) is 0 Å². The van der Waals surface area contributed by atoms with Gasteiger partial charge in [-0.1, -0.05) is 12.2 Å². The first kappa shape index (κ1) is 6.44. The molecule has 0 aromatic heterocycles. The Balaban J connectivity index is 2.68. The summed E-state index contributed by atoms with van der Waals surface area (Å²) in [4.78, 5) is 0. The van der Waals surface area contributed by atoms with Gasteiger partial charge in [0.1, 0.15) is 0 Å². The molecular weight excluding hydrogens is 89.1 g/mol. The standard InChI is InChI=1S/C6H10O/c1-3-5-7-6-4-2/h3-4H,1-2,5-6H2/i5+1. The van der Waals surface area contributed by atoms with Crippen LogP contribution in [0.5, 0.6) is 0 Å². The molecule has 1 heteroatoms. The molecule has 0 fully saturated rings. The molecule has 0 aromatic rings. The Bertz CT molecular complexity index is 49.2. The van der Waals surface area contributed by atoms with E-state index in [1.807, 2.05) is 0 Å². The SMILES string of the molecule is C=CCO[13CH2]C=C. The summed E-state index contributed by atoms with van der Waals surface area (Å²) in [5.74, 6) is 0. The van der Waals surface area contributed by atoms with Gasteiger partial charge in [0.2, 0.25) is 0 Å². The lowest BCUT2D eigenvalue weighted by Crippen LogP contribution is -1.87. The van der Waals surface area contributed by atoms with Crippen LogP contribution in [-0.4, -0.2) is 13.2 Å². The van der Waals surface area contributed by atoms with E-state index in [-0.39, 0.29) is 0 Å². The Labute approximate surface area is 44.3 Å². The predicted octanol–water partition coefficient (Wildman–Crippen LogP) is 1.38. The van der Waals surface area contributed by atoms with Crippen molar-refractivity contribution in [2.24, 2.45) is 0 Å². The van der Waals surface area contributed by atoms with Crippen molar-refractivity contribution in [3.8, 4) is 0 Å². The van der Waals surface area contributed by atoms with Gasteiger partial charge >= 0.3 is 0 Å². The Kier molecular flexibility index (Phi) is 5.00. The summed E-state index contributed by atoms with van der Waals surface area (Å²) in [6, 6.07) is 0. The first-order valence-corrected chi connectivity index (χ1v) is 2.21. The van der Waals surface area contributed by atoms with Crippen LogP contribution in [0.3, 0.4) is 0 Å². The fourth-order valence-electron chi connectivity index (χ4n) is 0.235. The van der Waals surface area contributed by atoms with Crippen molar-refractivity contribution < 1.29 is 4.74 Å². The van der Waals surface area contributed by atoms with E-state index in [4.69, 9.17) is 4.74 Å². The van der Waals surface area contributed by atoms with E-state index in [0.717, 1.165) is 0 Å². The zero-order chi connectivity index (χ0) is 5.54. The van der Waals surface area contributed by atoms with Crippen LogP contribution in [0.25, 0.3) is 0 Å². The zero-order valence-electron chi connectivity index (χ0n) is 4.39. The van der Waals surface area contributed by atoms with Gasteiger partial charge in [0.15, 0.2) is 0 Å². The van der Waals surface area contributed by atoms with Gasteiger partial charge in [0.25, 0.3) is 0 Å². The highest BCUT2D eigenvalue weighted by Gasteiger charge is 1.70. The maximum atomic E-state index is 4.90. The summed E-state index contributed by atoms with van der Waals surface area (Å²) >= 11 is 0. The van der Waals surface area contributed by atoms with Crippen molar-refractivity contribution in [2.45, 2.75) is 0 Å². The number of ether oxygens (including phenoxy) is 1. The van der Waals surface area contributed by atoms with Crippen LogP contribution >= 0.6 is 0 Å². The summed E-state index contributed by atoms with van der Waals surface area (Å²) in [5, 5.41) is 0. The third-order valence-corrected chi connectivity index (χ3v) is 0.471. The third-order valence-electron chi connectivity index (χ3n) is 0.471. The number of hydrogen-bond acceptors (Lipinski definition) is 1. The molecule has 0 aliphatic rings. The van der Waals surface area contributed by atoms with E-state index in [9.17, 15) is 0 Å². The topological polar surface area (TPSA) is 9.23 Å². The molecule has 0 aromatic carbocycles. The van der Waals surface area contributed by atoms with Crippen LogP contribution in [0.2, 0.25) is 0 Å². The molecule has 40 valence electrons. The molecule has 0 unspecified atom stereocenters. The van der Waals surface area contributed by atoms with Crippen LogP contribution in [0.4, 0.5) is 0 Å². The summed E-state index contributed by atoms with van der Waals surface area (Å²) in [6.07, 6.45) is 3.42. The number of rotatable bonds is 4. The molecule has 0 saturated heterocycles. The minimum Gasteiger partial charge on any atom is -0.373 e. The van der Waals surface area contributed by atoms with Gasteiger partial charge in [-0.15, -0.1) is 13.2 Å². The van der Waals surface area contributed by atoms with Gasteiger partial charge in [-0.25, -0.2) is 0 Å². The second-order valence-corrected chi connectivity index (χ2v) is 1.11. The largest absolute Gasteiger partial charge is 0.373 e. The molecule has 0 rings (SSSR count). The predicted molar refractivity (Wildman–Crippen MR) is 31.2 cm³/mol. The molecule has 0 radical (unpaired) electrons. The summed E-state index contributed by atoms with van der Waals surface area (Å²) in [7, 11) is 0. The van der Waals surface area contributed by atoms with Gasteiger partial charge in [0.05, 0.1) is 13.2 Å². The van der Waals surface area contributed by atoms with Gasteiger partial charge < -0.3 is 4.74 Å². The molecule has 0 N–H and O–H groups in total. The average molecular weight is 99.1 g/mol. The smallest absolute Gasteiger partial charge is 0.0649 e. The molecular formula is C6H10O. The summed E-state index contributed by atoms with van der Waals surface area (Å²) < 4.78 is 4.90. The monoisotopic (exact) mass is 99.1 g/mol. The van der Waals surface area contributed by atoms with Gasteiger partial charge in [0, 0.05) is 0 Å². The van der Waals surface area contributed by atoms with Crippen LogP contribution in [0.15, 0.2) is 25.3 Å². The fraction of sp³-hybridized carbons (Fsp3) is 0.333. The second kappa shape index (κ2) is 5.44. The number of hydrogen-bond donors (Lipinski definition) is 0. The van der Waals surface area contributed by atoms with Crippen molar-refractivity contribution in [1.29, 1.82) is 0 Å². The maximum absolute atomic E-state index is 4.90. The van der Waals surface area contributed by atoms with Crippen molar-refractivity contribution in [3.05, 3.63) is 25.3 Å². The van der Waals surface area contributed by atoms with E-state index in [1.54, 1.807) is 12.2 Å². The van der Waals surface area contributed by atoms with E-state index in [1.165, 1.54) is 0 Å². The average Bonchev–Trinajstić information content (AvgIpc) is 1.69. The van der Waals surface area contributed by atoms with E-state index >= 15 is 0 Å². The van der Waals surface area contributed by atoms with Crippen molar-refractivity contribution in [2.75, 3.05) is 13.2 Å². The molecule has 0 bridgehead atoms. The van der Waals surface area contributed by atoms with Gasteiger partial charge in [-0.3, -0.25) is 0 Å². The van der Waals surface area contributed by atoms with E-state index in [2.05, 4.69) is 13.2 Å². The minimum absolute atomic E-state index is 0.617. The molecule has 0 atom stereocenters. The normalized spacial score (nSPS) is 8.00. The van der Waals surface area contributed by atoms with Crippen molar-refractivity contribution >= 4 is 0 Å². The van der Waals surface area contributed by atoms with Crippen LogP contribution < -0.4 is 0 Å². The highest BCUT2D eigenvalue weighted by atomic mass is 16.5. The lowest BCUT2D eigenvalue weighted by atomic mass is 10.7. The third kappa shape index (κ3) is 5.44. The molecule has 7 heavy (non-hydrogen) atoms. The second-order valence-electron chi connectivity index (χ2n) is 1.11. The molecule has 0 aliphatic heterocycles. The first-order valence-electron chi connectivity index (χ1n) is 2.21. The van der Waals surface area contributed by atoms with Crippen LogP contribution in [-0.2, 0) is 4.74 Å². The molecule has 1 nitrogen and oxygen atoms in total. The van der Waals surface area contributed by atoms with Crippen LogP contribution in [0, 0.1) is 0 Å². The molecule has 0 spiro atoms. The lowest BCUT2D eigenvalue weighted by molar-refractivity contribution is 0.194. The molecule has 0 heterocycles. The van der Waals surface area contributed by atoms with E-state index < -0.39 is 0 Å². The Morgan fingerprint density at radius 2 is 1.57 bits per heavy atom. The van der Waals surface area contributed by atoms with Crippen LogP contribution in [0.1, 0.15) is 0 Å². The quantitative estimate of drug-likeness (QED) is 0.294. The minimum atomic E-state index is 0.617. The highest BCUT2D eigenvalue weighted by Crippen LogP contribution is 1.72. The molecule has 0 aliphatic carbocycles. The van der Waals surface area contributed by atoms with Crippen molar-refractivity contribution in [1.82, 2.24) is 0 Å². The van der Waals surface area contributed by atoms with Crippen molar-refractivity contribution in [3.63, 3.8) is 0 Å². The zero-order valence-corrected chi connectivity index (χ0v) is 4.39. The highest BCUT2D eigenvalue weighted by molar-refractivity contribution is 4.68. The Morgan fingerprint density at radius 3 is 1.86 bits per heavy atom. The Hall–Kier alpha value is -0.560. The maximum Gasteiger partial charge on any atom is 0.0649 e. The molecule has 0 amide bonds. The Morgan fingerprint density at radius 1 is 1.14 bits per heavy atom. The first-order chi connectivity index (χ1) is 3.41. The molecule has 0 saturated carbocycles. The van der Waals surface area contributed by atoms with Gasteiger partial charge in [-0.2, -0.15) is 0 Å².